The van der Waals surface area contributed by atoms with Gasteiger partial charge < -0.3 is 18.9 Å². The second kappa shape index (κ2) is 8.70. The summed E-state index contributed by atoms with van der Waals surface area (Å²) in [5, 5.41) is 4.11. The van der Waals surface area contributed by atoms with E-state index in [9.17, 15) is 9.18 Å². The molecule has 1 saturated heterocycles. The Morgan fingerprint density at radius 3 is 2.88 bits per heavy atom. The fraction of sp³-hybridized carbons (Fsp3) is 0.375. The van der Waals surface area contributed by atoms with E-state index in [1.807, 2.05) is 24.0 Å². The zero-order valence-corrected chi connectivity index (χ0v) is 17.8. The van der Waals surface area contributed by atoms with Crippen molar-refractivity contribution in [3.8, 4) is 17.1 Å². The first-order chi connectivity index (χ1) is 15.6. The molecule has 1 amide bonds. The van der Waals surface area contributed by atoms with Crippen molar-refractivity contribution in [1.82, 2.24) is 15.0 Å². The molecule has 5 rings (SSSR count). The molecule has 0 N–H and O–H groups in total. The molecule has 0 bridgehead atoms. The van der Waals surface area contributed by atoms with Crippen LogP contribution in [0, 0.1) is 18.7 Å². The van der Waals surface area contributed by atoms with E-state index in [1.165, 1.54) is 12.1 Å². The van der Waals surface area contributed by atoms with Crippen molar-refractivity contribution < 1.29 is 23.2 Å². The number of carbonyl (C=O) groups is 1. The van der Waals surface area contributed by atoms with Crippen molar-refractivity contribution in [3.63, 3.8) is 0 Å². The lowest BCUT2D eigenvalue weighted by atomic mass is 10.0. The fourth-order valence-electron chi connectivity index (χ4n) is 4.19. The third kappa shape index (κ3) is 4.10. The Morgan fingerprint density at radius 2 is 2.09 bits per heavy atom. The van der Waals surface area contributed by atoms with Crippen LogP contribution in [0.2, 0.25) is 0 Å². The van der Waals surface area contributed by atoms with Crippen molar-refractivity contribution in [2.24, 2.45) is 5.92 Å². The third-order valence-corrected chi connectivity index (χ3v) is 6.08. The summed E-state index contributed by atoms with van der Waals surface area (Å²) in [4.78, 5) is 19.2. The van der Waals surface area contributed by atoms with E-state index in [0.717, 1.165) is 28.8 Å². The van der Waals surface area contributed by atoms with Gasteiger partial charge in [-0.1, -0.05) is 11.2 Å². The second-order valence-electron chi connectivity index (χ2n) is 8.19. The van der Waals surface area contributed by atoms with E-state index < -0.39 is 0 Å². The lowest BCUT2D eigenvalue weighted by molar-refractivity contribution is -0.136. The van der Waals surface area contributed by atoms with E-state index in [0.29, 0.717) is 50.1 Å². The normalized spacial score (nSPS) is 17.9. The maximum absolute atomic E-state index is 13.3. The Kier molecular flexibility index (Phi) is 5.61. The molecule has 0 aliphatic carbocycles. The van der Waals surface area contributed by atoms with Gasteiger partial charge in [0.2, 0.25) is 11.8 Å². The minimum atomic E-state index is -0.304. The van der Waals surface area contributed by atoms with Crippen LogP contribution in [0.1, 0.15) is 29.0 Å². The highest BCUT2D eigenvalue weighted by atomic mass is 19.1. The van der Waals surface area contributed by atoms with Crippen molar-refractivity contribution in [2.75, 3.05) is 19.8 Å². The first-order valence-electron chi connectivity index (χ1n) is 10.8. The number of aryl methyl sites for hydroxylation is 1. The van der Waals surface area contributed by atoms with Gasteiger partial charge in [0.1, 0.15) is 23.9 Å². The summed E-state index contributed by atoms with van der Waals surface area (Å²) >= 11 is 0. The van der Waals surface area contributed by atoms with Crippen molar-refractivity contribution in [1.29, 1.82) is 0 Å². The molecule has 0 spiro atoms. The number of nitrogens with zero attached hydrogens (tertiary/aromatic N) is 3. The van der Waals surface area contributed by atoms with Crippen LogP contribution in [0.25, 0.3) is 11.3 Å². The van der Waals surface area contributed by atoms with Crippen LogP contribution in [0.3, 0.4) is 0 Å². The van der Waals surface area contributed by atoms with Gasteiger partial charge in [0.05, 0.1) is 23.8 Å². The summed E-state index contributed by atoms with van der Waals surface area (Å²) < 4.78 is 29.9. The molecule has 166 valence electrons. The average Bonchev–Trinajstić information content (AvgIpc) is 3.47. The molecule has 0 saturated carbocycles. The van der Waals surface area contributed by atoms with E-state index in [4.69, 9.17) is 14.0 Å². The lowest BCUT2D eigenvalue weighted by Crippen LogP contribution is -2.40. The summed E-state index contributed by atoms with van der Waals surface area (Å²) in [6.07, 6.45) is 1.49. The van der Waals surface area contributed by atoms with Crippen molar-refractivity contribution >= 4 is 5.91 Å². The fourth-order valence-corrected chi connectivity index (χ4v) is 4.19. The number of rotatable bonds is 5. The summed E-state index contributed by atoms with van der Waals surface area (Å²) in [6.45, 7) is 4.46. The van der Waals surface area contributed by atoms with E-state index in [2.05, 4.69) is 10.1 Å². The van der Waals surface area contributed by atoms with Crippen LogP contribution in [0.15, 0.2) is 40.9 Å². The number of pyridine rings is 1. The molecule has 1 fully saturated rings. The van der Waals surface area contributed by atoms with Gasteiger partial charge in [0.25, 0.3) is 0 Å². The van der Waals surface area contributed by atoms with Crippen LogP contribution in [-0.2, 0) is 29.1 Å². The number of amides is 1. The van der Waals surface area contributed by atoms with Gasteiger partial charge in [-0.25, -0.2) is 9.37 Å². The largest absolute Gasteiger partial charge is 0.473 e. The maximum atomic E-state index is 13.3. The van der Waals surface area contributed by atoms with E-state index >= 15 is 0 Å². The number of hydrogen-bond acceptors (Lipinski definition) is 6. The number of carbonyl (C=O) groups excluding carboxylic acids is 1. The molecular formula is C24H24FN3O4. The number of halogens is 1. The summed E-state index contributed by atoms with van der Waals surface area (Å²) in [7, 11) is 0. The first-order valence-corrected chi connectivity index (χ1v) is 10.8. The van der Waals surface area contributed by atoms with Gasteiger partial charge >= 0.3 is 0 Å². The number of ether oxygens (including phenoxy) is 2. The van der Waals surface area contributed by atoms with Gasteiger partial charge in [0.15, 0.2) is 0 Å². The first kappa shape index (κ1) is 20.6. The topological polar surface area (TPSA) is 77.7 Å². The number of aromatic nitrogens is 2. The Balaban J connectivity index is 1.27. The average molecular weight is 437 g/mol. The number of hydrogen-bond donors (Lipinski definition) is 0. The zero-order valence-electron chi connectivity index (χ0n) is 17.8. The minimum Gasteiger partial charge on any atom is -0.473 e. The predicted molar refractivity (Wildman–Crippen MR) is 113 cm³/mol. The van der Waals surface area contributed by atoms with Crippen LogP contribution in [0.5, 0.6) is 5.88 Å². The lowest BCUT2D eigenvalue weighted by Gasteiger charge is -2.30. The molecule has 2 aromatic heterocycles. The number of fused-ring (bicyclic) bond motifs is 1. The van der Waals surface area contributed by atoms with Gasteiger partial charge in [-0.3, -0.25) is 4.79 Å². The molecule has 2 aliphatic rings. The molecule has 1 unspecified atom stereocenters. The Morgan fingerprint density at radius 1 is 1.25 bits per heavy atom. The summed E-state index contributed by atoms with van der Waals surface area (Å²) in [5.74, 6) is 1.01. The Hall–Kier alpha value is -3.26. The highest BCUT2D eigenvalue weighted by Gasteiger charge is 2.30. The summed E-state index contributed by atoms with van der Waals surface area (Å²) in [6, 6.07) is 9.91. The van der Waals surface area contributed by atoms with Gasteiger partial charge in [-0.05, 0) is 43.2 Å². The van der Waals surface area contributed by atoms with Crippen LogP contribution < -0.4 is 4.74 Å². The zero-order chi connectivity index (χ0) is 22.1. The molecule has 7 nitrogen and oxygen atoms in total. The molecule has 1 aromatic carbocycles. The molecule has 8 heteroatoms. The molecule has 2 aliphatic heterocycles. The van der Waals surface area contributed by atoms with Gasteiger partial charge in [-0.15, -0.1) is 0 Å². The van der Waals surface area contributed by atoms with Gasteiger partial charge in [-0.2, -0.15) is 0 Å². The molecule has 1 atom stereocenters. The maximum Gasteiger partial charge on any atom is 0.228 e. The third-order valence-electron chi connectivity index (χ3n) is 6.08. The molecular weight excluding hydrogens is 413 g/mol. The monoisotopic (exact) mass is 437 g/mol. The highest BCUT2D eigenvalue weighted by molar-refractivity contribution is 5.79. The van der Waals surface area contributed by atoms with Crippen LogP contribution >= 0.6 is 0 Å². The van der Waals surface area contributed by atoms with Crippen LogP contribution in [-0.4, -0.2) is 40.7 Å². The molecule has 0 radical (unpaired) electrons. The van der Waals surface area contributed by atoms with Crippen LogP contribution in [0.4, 0.5) is 4.39 Å². The smallest absolute Gasteiger partial charge is 0.228 e. The van der Waals surface area contributed by atoms with Gasteiger partial charge in [0, 0.05) is 37.7 Å². The molecule has 4 heterocycles. The SMILES string of the molecule is Cc1onc(-c2ccc(F)cc2)c1COc1ccc2c(n1)CCN(C(=O)C1CCOC1)C2. The molecule has 32 heavy (non-hydrogen) atoms. The predicted octanol–water partition coefficient (Wildman–Crippen LogP) is 3.68. The second-order valence-corrected chi connectivity index (χ2v) is 8.19. The van der Waals surface area contributed by atoms with E-state index in [1.54, 1.807) is 12.1 Å². The molecule has 3 aromatic rings. The summed E-state index contributed by atoms with van der Waals surface area (Å²) in [5.41, 5.74) is 4.19. The van der Waals surface area contributed by atoms with Crippen molar-refractivity contribution in [2.45, 2.75) is 32.9 Å². The number of benzene rings is 1. The quantitative estimate of drug-likeness (QED) is 0.606. The highest BCUT2D eigenvalue weighted by Crippen LogP contribution is 2.28. The van der Waals surface area contributed by atoms with E-state index in [-0.39, 0.29) is 24.2 Å². The van der Waals surface area contributed by atoms with Crippen molar-refractivity contribution in [3.05, 3.63) is 64.8 Å². The Labute approximate surface area is 185 Å². The Bertz CT molecular complexity index is 1120. The minimum absolute atomic E-state index is 0.0192. The standard InChI is InChI=1S/C24H24FN3O4/c1-15-20(23(27-32-15)16-2-5-19(25)6-3-16)14-31-22-7-4-17-12-28(10-8-21(17)26-22)24(29)18-9-11-30-13-18/h2-7,18H,8-14H2,1H3.